The molecule has 0 saturated carbocycles. The number of aromatic nitrogens is 1. The van der Waals surface area contributed by atoms with E-state index in [2.05, 4.69) is 23.7 Å². The van der Waals surface area contributed by atoms with Crippen LogP contribution in [-0.2, 0) is 13.0 Å². The monoisotopic (exact) mass is 336 g/mol. The van der Waals surface area contributed by atoms with Crippen LogP contribution in [0.4, 0.5) is 0 Å². The third-order valence-electron chi connectivity index (χ3n) is 4.69. The van der Waals surface area contributed by atoms with E-state index in [1.807, 2.05) is 36.4 Å². The van der Waals surface area contributed by atoms with Gasteiger partial charge in [-0.2, -0.15) is 0 Å². The van der Waals surface area contributed by atoms with Gasteiger partial charge >= 0.3 is 0 Å². The summed E-state index contributed by atoms with van der Waals surface area (Å²) in [5.41, 5.74) is 3.58. The molecule has 0 saturated heterocycles. The number of hydrogen-bond acceptors (Lipinski definition) is 3. The zero-order valence-corrected chi connectivity index (χ0v) is 14.7. The second-order valence-corrected chi connectivity index (χ2v) is 6.29. The normalized spacial score (nSPS) is 11.3. The Bertz CT molecular complexity index is 927. The molecule has 0 aliphatic rings. The molecule has 3 aromatic rings. The van der Waals surface area contributed by atoms with Gasteiger partial charge in [-0.3, -0.25) is 9.69 Å². The van der Waals surface area contributed by atoms with Gasteiger partial charge in [-0.15, -0.1) is 0 Å². The van der Waals surface area contributed by atoms with Crippen molar-refractivity contribution < 1.29 is 5.11 Å². The summed E-state index contributed by atoms with van der Waals surface area (Å²) in [6.45, 7) is 6.80. The highest BCUT2D eigenvalue weighted by molar-refractivity contribution is 5.78. The molecule has 0 aliphatic carbocycles. The first-order valence-corrected chi connectivity index (χ1v) is 8.74. The Kier molecular flexibility index (Phi) is 5.19. The van der Waals surface area contributed by atoms with Crippen molar-refractivity contribution in [1.82, 2.24) is 9.88 Å². The number of nitrogens with one attached hydrogen (secondary N) is 1. The molecule has 0 radical (unpaired) electrons. The Hall–Kier alpha value is -2.59. The van der Waals surface area contributed by atoms with Crippen molar-refractivity contribution in [1.29, 1.82) is 0 Å². The number of H-pyrrole nitrogens is 1. The van der Waals surface area contributed by atoms with E-state index in [9.17, 15) is 9.90 Å². The number of aromatic hydroxyl groups is 1. The van der Waals surface area contributed by atoms with E-state index in [4.69, 9.17) is 0 Å². The van der Waals surface area contributed by atoms with E-state index in [0.717, 1.165) is 35.3 Å². The minimum atomic E-state index is 0.0627. The second kappa shape index (κ2) is 7.53. The maximum atomic E-state index is 12.7. The molecular weight excluding hydrogens is 312 g/mol. The zero-order chi connectivity index (χ0) is 17.8. The largest absolute Gasteiger partial charge is 0.508 e. The molecule has 4 nitrogen and oxygen atoms in total. The number of aromatic amines is 1. The Balaban J connectivity index is 1.91. The molecule has 130 valence electrons. The van der Waals surface area contributed by atoms with Crippen LogP contribution in [0.25, 0.3) is 10.9 Å². The van der Waals surface area contributed by atoms with Crippen LogP contribution in [0.3, 0.4) is 0 Å². The van der Waals surface area contributed by atoms with E-state index >= 15 is 0 Å². The number of fused-ring (bicyclic) bond motifs is 1. The van der Waals surface area contributed by atoms with Crippen LogP contribution in [0.15, 0.2) is 53.5 Å². The molecular formula is C21H24N2O2. The number of nitrogens with zero attached hydrogens (tertiary/aromatic N) is 1. The van der Waals surface area contributed by atoms with E-state index in [0.29, 0.717) is 24.1 Å². The Morgan fingerprint density at radius 2 is 1.80 bits per heavy atom. The van der Waals surface area contributed by atoms with Gasteiger partial charge in [0.2, 0.25) is 0 Å². The molecule has 1 heterocycles. The van der Waals surface area contributed by atoms with Gasteiger partial charge in [0.25, 0.3) is 0 Å². The first-order valence-electron chi connectivity index (χ1n) is 8.74. The van der Waals surface area contributed by atoms with Gasteiger partial charge < -0.3 is 10.1 Å². The number of pyridine rings is 1. The van der Waals surface area contributed by atoms with Crippen LogP contribution >= 0.6 is 0 Å². The Morgan fingerprint density at radius 3 is 2.56 bits per heavy atom. The van der Waals surface area contributed by atoms with E-state index in [1.54, 1.807) is 12.3 Å². The SMILES string of the molecule is CCN(CC)Cc1cc(Cc2c[nH]c3ccccc3c2=O)ccc1O. The fourth-order valence-corrected chi connectivity index (χ4v) is 3.13. The van der Waals surface area contributed by atoms with E-state index in [-0.39, 0.29) is 5.43 Å². The minimum Gasteiger partial charge on any atom is -0.508 e. The van der Waals surface area contributed by atoms with Crippen molar-refractivity contribution in [2.24, 2.45) is 0 Å². The van der Waals surface area contributed by atoms with Gasteiger partial charge in [0.1, 0.15) is 5.75 Å². The number of phenols is 1. The Morgan fingerprint density at radius 1 is 1.04 bits per heavy atom. The van der Waals surface area contributed by atoms with Crippen LogP contribution in [0.2, 0.25) is 0 Å². The van der Waals surface area contributed by atoms with Crippen LogP contribution in [0, 0.1) is 0 Å². The summed E-state index contributed by atoms with van der Waals surface area (Å²) >= 11 is 0. The maximum absolute atomic E-state index is 12.7. The molecule has 0 aliphatic heterocycles. The van der Waals surface area contributed by atoms with Crippen molar-refractivity contribution in [3.63, 3.8) is 0 Å². The van der Waals surface area contributed by atoms with Gasteiger partial charge in [0.05, 0.1) is 0 Å². The van der Waals surface area contributed by atoms with Crippen LogP contribution < -0.4 is 5.43 Å². The first kappa shape index (κ1) is 17.2. The third-order valence-corrected chi connectivity index (χ3v) is 4.69. The highest BCUT2D eigenvalue weighted by atomic mass is 16.3. The van der Waals surface area contributed by atoms with Crippen LogP contribution in [-0.4, -0.2) is 28.1 Å². The molecule has 2 N–H and O–H groups in total. The lowest BCUT2D eigenvalue weighted by Gasteiger charge is -2.19. The highest BCUT2D eigenvalue weighted by Crippen LogP contribution is 2.22. The van der Waals surface area contributed by atoms with Crippen molar-refractivity contribution in [3.8, 4) is 5.75 Å². The fourth-order valence-electron chi connectivity index (χ4n) is 3.13. The zero-order valence-electron chi connectivity index (χ0n) is 14.7. The lowest BCUT2D eigenvalue weighted by molar-refractivity contribution is 0.290. The summed E-state index contributed by atoms with van der Waals surface area (Å²) in [6, 6.07) is 13.2. The van der Waals surface area contributed by atoms with E-state index < -0.39 is 0 Å². The predicted octanol–water partition coefficient (Wildman–Crippen LogP) is 3.67. The number of phenolic OH excluding ortho intramolecular Hbond substituents is 1. The van der Waals surface area contributed by atoms with Gasteiger partial charge in [-0.05, 0) is 36.9 Å². The summed E-state index contributed by atoms with van der Waals surface area (Å²) in [6.07, 6.45) is 2.34. The third kappa shape index (κ3) is 3.74. The molecule has 0 bridgehead atoms. The first-order chi connectivity index (χ1) is 12.1. The van der Waals surface area contributed by atoms with Crippen LogP contribution in [0.1, 0.15) is 30.5 Å². The predicted molar refractivity (Wildman–Crippen MR) is 102 cm³/mol. The minimum absolute atomic E-state index is 0.0627. The lowest BCUT2D eigenvalue weighted by atomic mass is 10.0. The summed E-state index contributed by atoms with van der Waals surface area (Å²) in [4.78, 5) is 18.1. The second-order valence-electron chi connectivity index (χ2n) is 6.29. The molecule has 3 rings (SSSR count). The fraction of sp³-hybridized carbons (Fsp3) is 0.286. The molecule has 0 atom stereocenters. The maximum Gasteiger partial charge on any atom is 0.192 e. The number of benzene rings is 2. The number of hydrogen-bond donors (Lipinski definition) is 2. The highest BCUT2D eigenvalue weighted by Gasteiger charge is 2.10. The van der Waals surface area contributed by atoms with Gasteiger partial charge in [-0.1, -0.05) is 38.1 Å². The molecule has 2 aromatic carbocycles. The molecule has 0 amide bonds. The molecule has 0 fully saturated rings. The smallest absolute Gasteiger partial charge is 0.192 e. The summed E-state index contributed by atoms with van der Waals surface area (Å²) in [7, 11) is 0. The van der Waals surface area contributed by atoms with Gasteiger partial charge in [-0.25, -0.2) is 0 Å². The summed E-state index contributed by atoms with van der Waals surface area (Å²) < 4.78 is 0. The molecule has 25 heavy (non-hydrogen) atoms. The lowest BCUT2D eigenvalue weighted by Crippen LogP contribution is -2.22. The van der Waals surface area contributed by atoms with Crippen LogP contribution in [0.5, 0.6) is 5.75 Å². The van der Waals surface area contributed by atoms with Crippen molar-refractivity contribution >= 4 is 10.9 Å². The summed E-state index contributed by atoms with van der Waals surface area (Å²) in [5, 5.41) is 10.9. The topological polar surface area (TPSA) is 56.3 Å². The average Bonchev–Trinajstić information content (AvgIpc) is 2.64. The van der Waals surface area contributed by atoms with Crippen molar-refractivity contribution in [2.75, 3.05) is 13.1 Å². The molecule has 0 unspecified atom stereocenters. The molecule has 4 heteroatoms. The van der Waals surface area contributed by atoms with Gasteiger partial charge in [0.15, 0.2) is 5.43 Å². The van der Waals surface area contributed by atoms with Gasteiger partial charge in [0, 0.05) is 41.2 Å². The van der Waals surface area contributed by atoms with E-state index in [1.165, 1.54) is 0 Å². The quantitative estimate of drug-likeness (QED) is 0.722. The standard InChI is InChI=1S/C21H24N2O2/c1-3-23(4-2)14-17-12-15(9-10-20(17)24)11-16-13-22-19-8-6-5-7-18(19)21(16)25/h5-10,12-13,24H,3-4,11,14H2,1-2H3,(H,22,25). The average molecular weight is 336 g/mol. The molecule has 1 aromatic heterocycles. The number of para-hydroxylation sites is 1. The van der Waals surface area contributed by atoms with Crippen molar-refractivity contribution in [2.45, 2.75) is 26.8 Å². The molecule has 0 spiro atoms. The Labute approximate surface area is 147 Å². The van der Waals surface area contributed by atoms with Crippen molar-refractivity contribution in [3.05, 3.63) is 75.6 Å². The number of rotatable bonds is 6. The summed E-state index contributed by atoms with van der Waals surface area (Å²) in [5.74, 6) is 0.308.